The minimum absolute atomic E-state index is 0.0762. The van der Waals surface area contributed by atoms with Crippen molar-refractivity contribution in [3.63, 3.8) is 0 Å². The maximum absolute atomic E-state index is 13.8. The van der Waals surface area contributed by atoms with Crippen LogP contribution in [0.15, 0.2) is 52.9 Å². The van der Waals surface area contributed by atoms with Gasteiger partial charge >= 0.3 is 5.97 Å². The molecule has 0 radical (unpaired) electrons. The molecule has 148 valence electrons. The predicted octanol–water partition coefficient (Wildman–Crippen LogP) is 5.82. The Morgan fingerprint density at radius 2 is 1.79 bits per heavy atom. The van der Waals surface area contributed by atoms with Crippen molar-refractivity contribution >= 4 is 34.4 Å². The quantitative estimate of drug-likeness (QED) is 0.642. The number of aliphatic carboxylic acids is 1. The van der Waals surface area contributed by atoms with Crippen molar-refractivity contribution in [3.8, 4) is 0 Å². The number of rotatable bonds is 5. The molecule has 1 aliphatic carbocycles. The standard InChI is InChI=1S/C21H19FO3S.C2H6/c1-13-18(10-14-4-7-16(8-5-14)26(3)25-2)20-11-15(22)6-9-17(20)19(13)12-21(23)24;1-2/h4-11H,12H2,1-3H3;1-2H3/p+1/b18-10-;. The van der Waals surface area contributed by atoms with E-state index in [2.05, 4.69) is 0 Å². The molecule has 1 N–H and O–H groups in total. The van der Waals surface area contributed by atoms with Crippen molar-refractivity contribution in [2.24, 2.45) is 0 Å². The van der Waals surface area contributed by atoms with Gasteiger partial charge < -0.3 is 5.11 Å². The van der Waals surface area contributed by atoms with Gasteiger partial charge in [0.25, 0.3) is 0 Å². The molecule has 0 aliphatic heterocycles. The summed E-state index contributed by atoms with van der Waals surface area (Å²) >= 11 is -0.256. The van der Waals surface area contributed by atoms with Gasteiger partial charge in [-0.25, -0.2) is 4.39 Å². The Morgan fingerprint density at radius 1 is 1.14 bits per heavy atom. The minimum atomic E-state index is -0.894. The highest BCUT2D eigenvalue weighted by Crippen LogP contribution is 2.43. The fourth-order valence-electron chi connectivity index (χ4n) is 3.15. The molecule has 0 bridgehead atoms. The summed E-state index contributed by atoms with van der Waals surface area (Å²) in [5.41, 5.74) is 5.00. The van der Waals surface area contributed by atoms with Crippen LogP contribution in [-0.4, -0.2) is 24.4 Å². The topological polar surface area (TPSA) is 46.5 Å². The fourth-order valence-corrected chi connectivity index (χ4v) is 3.86. The van der Waals surface area contributed by atoms with Crippen LogP contribution in [0.5, 0.6) is 0 Å². The largest absolute Gasteiger partial charge is 0.481 e. The van der Waals surface area contributed by atoms with Crippen LogP contribution in [0.4, 0.5) is 4.39 Å². The summed E-state index contributed by atoms with van der Waals surface area (Å²) in [6, 6.07) is 12.5. The Morgan fingerprint density at radius 3 is 2.36 bits per heavy atom. The molecular formula is C23H26FO3S+. The van der Waals surface area contributed by atoms with E-state index in [-0.39, 0.29) is 23.4 Å². The maximum atomic E-state index is 13.8. The van der Waals surface area contributed by atoms with Gasteiger partial charge in [0.15, 0.2) is 16.1 Å². The lowest BCUT2D eigenvalue weighted by molar-refractivity contribution is -0.135. The molecule has 3 rings (SSSR count). The lowest BCUT2D eigenvalue weighted by atomic mass is 10.0. The second kappa shape index (κ2) is 9.71. The van der Waals surface area contributed by atoms with E-state index in [0.29, 0.717) is 0 Å². The van der Waals surface area contributed by atoms with E-state index < -0.39 is 5.97 Å². The van der Waals surface area contributed by atoms with Gasteiger partial charge in [0.05, 0.1) is 13.5 Å². The highest BCUT2D eigenvalue weighted by Gasteiger charge is 2.25. The van der Waals surface area contributed by atoms with E-state index in [1.807, 2.05) is 57.4 Å². The van der Waals surface area contributed by atoms with Crippen molar-refractivity contribution in [3.05, 3.63) is 70.5 Å². The molecule has 0 fully saturated rings. The zero-order valence-corrected chi connectivity index (χ0v) is 17.7. The third-order valence-electron chi connectivity index (χ3n) is 4.55. The Hall–Kier alpha value is -2.37. The van der Waals surface area contributed by atoms with E-state index >= 15 is 0 Å². The Labute approximate surface area is 169 Å². The summed E-state index contributed by atoms with van der Waals surface area (Å²) in [6.07, 6.45) is 3.91. The monoisotopic (exact) mass is 401 g/mol. The number of allylic oxidation sites excluding steroid dienone is 2. The highest BCUT2D eigenvalue weighted by molar-refractivity contribution is 7.91. The van der Waals surface area contributed by atoms with Gasteiger partial charge in [-0.15, -0.1) is 0 Å². The Bertz CT molecular complexity index is 914. The molecule has 0 heterocycles. The van der Waals surface area contributed by atoms with Gasteiger partial charge in [-0.05, 0) is 82.8 Å². The van der Waals surface area contributed by atoms with Gasteiger partial charge in [0, 0.05) is 0 Å². The van der Waals surface area contributed by atoms with E-state index in [1.165, 1.54) is 12.1 Å². The number of fused-ring (bicyclic) bond motifs is 1. The molecule has 2 aromatic rings. The average molecular weight is 402 g/mol. The molecule has 0 spiro atoms. The third kappa shape index (κ3) is 4.72. The molecule has 28 heavy (non-hydrogen) atoms. The second-order valence-corrected chi connectivity index (χ2v) is 7.82. The first-order valence-corrected chi connectivity index (χ1v) is 10.7. The van der Waals surface area contributed by atoms with Crippen LogP contribution >= 0.6 is 0 Å². The first kappa shape index (κ1) is 21.9. The number of hydrogen-bond donors (Lipinski definition) is 1. The van der Waals surface area contributed by atoms with Gasteiger partial charge in [-0.1, -0.05) is 19.9 Å². The van der Waals surface area contributed by atoms with Gasteiger partial charge in [0.2, 0.25) is 0 Å². The molecule has 0 amide bonds. The van der Waals surface area contributed by atoms with Crippen molar-refractivity contribution < 1.29 is 18.5 Å². The zero-order chi connectivity index (χ0) is 20.8. The van der Waals surface area contributed by atoms with Crippen molar-refractivity contribution in [2.45, 2.75) is 32.1 Å². The van der Waals surface area contributed by atoms with Gasteiger partial charge in [-0.2, -0.15) is 4.18 Å². The Kier molecular flexibility index (Phi) is 7.61. The normalized spacial score (nSPS) is 15.1. The molecule has 0 saturated carbocycles. The number of halogens is 1. The summed E-state index contributed by atoms with van der Waals surface area (Å²) in [5, 5.41) is 9.21. The highest BCUT2D eigenvalue weighted by atomic mass is 32.2. The lowest BCUT2D eigenvalue weighted by Gasteiger charge is -2.05. The second-order valence-electron chi connectivity index (χ2n) is 6.11. The van der Waals surface area contributed by atoms with Crippen LogP contribution in [0.1, 0.15) is 43.9 Å². The van der Waals surface area contributed by atoms with Crippen LogP contribution in [0.25, 0.3) is 17.2 Å². The number of carboxylic acids is 1. The first-order chi connectivity index (χ1) is 13.4. The molecule has 2 aromatic carbocycles. The Balaban J connectivity index is 0.00000136. The van der Waals surface area contributed by atoms with Gasteiger partial charge in [0.1, 0.15) is 12.1 Å². The molecule has 1 unspecified atom stereocenters. The van der Waals surface area contributed by atoms with Crippen LogP contribution in [-0.2, 0) is 20.2 Å². The number of carbonyl (C=O) groups is 1. The molecule has 0 saturated heterocycles. The summed E-state index contributed by atoms with van der Waals surface area (Å²) in [5.74, 6) is -1.22. The van der Waals surface area contributed by atoms with Crippen LogP contribution in [0.2, 0.25) is 0 Å². The predicted molar refractivity (Wildman–Crippen MR) is 115 cm³/mol. The molecule has 3 nitrogen and oxygen atoms in total. The minimum Gasteiger partial charge on any atom is -0.481 e. The SMILES string of the molecule is CC.CO[S+](C)c1ccc(/C=C2/C(C)=C(CC(=O)O)c3ccc(F)cc32)cc1. The molecule has 0 aromatic heterocycles. The van der Waals surface area contributed by atoms with E-state index in [0.717, 1.165) is 38.3 Å². The van der Waals surface area contributed by atoms with Crippen LogP contribution in [0, 0.1) is 5.82 Å². The smallest absolute Gasteiger partial charge is 0.307 e. The van der Waals surface area contributed by atoms with Crippen molar-refractivity contribution in [1.29, 1.82) is 0 Å². The van der Waals surface area contributed by atoms with Crippen LogP contribution < -0.4 is 0 Å². The van der Waals surface area contributed by atoms with Crippen molar-refractivity contribution in [1.82, 2.24) is 0 Å². The summed E-state index contributed by atoms with van der Waals surface area (Å²) in [6.45, 7) is 5.89. The first-order valence-electron chi connectivity index (χ1n) is 9.15. The fraction of sp³-hybridized carbons (Fsp3) is 0.261. The van der Waals surface area contributed by atoms with E-state index in [4.69, 9.17) is 4.18 Å². The zero-order valence-electron chi connectivity index (χ0n) is 16.9. The third-order valence-corrected chi connectivity index (χ3v) is 5.99. The van der Waals surface area contributed by atoms with Crippen molar-refractivity contribution in [2.75, 3.05) is 13.4 Å². The van der Waals surface area contributed by atoms with E-state index in [1.54, 1.807) is 13.2 Å². The van der Waals surface area contributed by atoms with Gasteiger partial charge in [-0.3, -0.25) is 4.79 Å². The average Bonchev–Trinajstić information content (AvgIpc) is 2.94. The summed E-state index contributed by atoms with van der Waals surface area (Å²) in [7, 11) is 1.68. The molecular weight excluding hydrogens is 375 g/mol. The number of carboxylic acid groups (broad SMARTS) is 1. The number of hydrogen-bond acceptors (Lipinski definition) is 2. The molecule has 5 heteroatoms. The summed E-state index contributed by atoms with van der Waals surface area (Å²) in [4.78, 5) is 12.3. The molecule has 1 atom stereocenters. The summed E-state index contributed by atoms with van der Waals surface area (Å²) < 4.78 is 19.1. The van der Waals surface area contributed by atoms with Crippen LogP contribution in [0.3, 0.4) is 0 Å². The van der Waals surface area contributed by atoms with E-state index in [9.17, 15) is 14.3 Å². The number of benzene rings is 2. The lowest BCUT2D eigenvalue weighted by Crippen LogP contribution is -2.00. The molecule has 1 aliphatic rings. The maximum Gasteiger partial charge on any atom is 0.307 e.